The number of nitrogens with one attached hydrogen (secondary N) is 1. The Morgan fingerprint density at radius 3 is 2.53 bits per heavy atom. The van der Waals surface area contributed by atoms with Crippen LogP contribution >= 0.6 is 0 Å². The maximum atomic E-state index is 11.4. The molecule has 1 rings (SSSR count). The van der Waals surface area contributed by atoms with Gasteiger partial charge in [-0.3, -0.25) is 9.59 Å². The van der Waals surface area contributed by atoms with Crippen molar-refractivity contribution in [2.24, 2.45) is 17.8 Å². The lowest BCUT2D eigenvalue weighted by Gasteiger charge is -2.06. The van der Waals surface area contributed by atoms with E-state index in [4.69, 9.17) is 5.11 Å². The van der Waals surface area contributed by atoms with Gasteiger partial charge in [-0.25, -0.2) is 0 Å². The Labute approximate surface area is 90.0 Å². The first-order chi connectivity index (χ1) is 7.02. The van der Waals surface area contributed by atoms with Gasteiger partial charge in [0.2, 0.25) is 5.91 Å². The van der Waals surface area contributed by atoms with Crippen LogP contribution < -0.4 is 5.32 Å². The number of carbonyl (C=O) groups is 2. The Balaban J connectivity index is 2.08. The van der Waals surface area contributed by atoms with Gasteiger partial charge in [0.25, 0.3) is 0 Å². The van der Waals surface area contributed by atoms with Crippen molar-refractivity contribution < 1.29 is 14.7 Å². The van der Waals surface area contributed by atoms with Crippen LogP contribution in [-0.4, -0.2) is 23.5 Å². The Morgan fingerprint density at radius 2 is 2.07 bits per heavy atom. The quantitative estimate of drug-likeness (QED) is 0.653. The Morgan fingerprint density at radius 1 is 1.40 bits per heavy atom. The van der Waals surface area contributed by atoms with Gasteiger partial charge < -0.3 is 10.4 Å². The molecule has 2 unspecified atom stereocenters. The number of hydrogen-bond donors (Lipinski definition) is 2. The van der Waals surface area contributed by atoms with Gasteiger partial charge in [0.1, 0.15) is 0 Å². The van der Waals surface area contributed by atoms with Gasteiger partial charge in [-0.2, -0.15) is 0 Å². The lowest BCUT2D eigenvalue weighted by Crippen LogP contribution is -2.27. The lowest BCUT2D eigenvalue weighted by molar-refractivity contribution is -0.140. The molecule has 0 radical (unpaired) electrons. The van der Waals surface area contributed by atoms with E-state index in [1.54, 1.807) is 0 Å². The predicted octanol–water partition coefficient (Wildman–Crippen LogP) is 1.26. The molecule has 0 aromatic rings. The molecule has 1 fully saturated rings. The fourth-order valence-electron chi connectivity index (χ4n) is 1.61. The van der Waals surface area contributed by atoms with Gasteiger partial charge >= 0.3 is 5.97 Å². The predicted molar refractivity (Wildman–Crippen MR) is 56.3 cm³/mol. The van der Waals surface area contributed by atoms with Crippen LogP contribution in [0.3, 0.4) is 0 Å². The van der Waals surface area contributed by atoms with Crippen LogP contribution in [0.25, 0.3) is 0 Å². The molecular formula is C11H19NO3. The first-order valence-electron chi connectivity index (χ1n) is 5.53. The van der Waals surface area contributed by atoms with Crippen molar-refractivity contribution in [2.45, 2.75) is 33.1 Å². The zero-order valence-corrected chi connectivity index (χ0v) is 9.32. The summed E-state index contributed by atoms with van der Waals surface area (Å²) in [6.45, 7) is 4.95. The molecule has 1 aliphatic carbocycles. The van der Waals surface area contributed by atoms with E-state index in [1.807, 2.05) is 0 Å². The smallest absolute Gasteiger partial charge is 0.307 e. The zero-order valence-electron chi connectivity index (χ0n) is 9.32. The fraction of sp³-hybridized carbons (Fsp3) is 0.818. The van der Waals surface area contributed by atoms with Crippen LogP contribution in [0.15, 0.2) is 0 Å². The van der Waals surface area contributed by atoms with Crippen molar-refractivity contribution >= 4 is 11.9 Å². The maximum Gasteiger partial charge on any atom is 0.307 e. The topological polar surface area (TPSA) is 66.4 Å². The average molecular weight is 213 g/mol. The number of amides is 1. The SMILES string of the molecule is CC(C)CCCNC(=O)C1CC1C(=O)O. The van der Waals surface area contributed by atoms with Crippen molar-refractivity contribution in [3.8, 4) is 0 Å². The highest BCUT2D eigenvalue weighted by Gasteiger charge is 2.48. The number of carboxylic acid groups (broad SMARTS) is 1. The number of hydrogen-bond acceptors (Lipinski definition) is 2. The van der Waals surface area contributed by atoms with Gasteiger partial charge in [-0.15, -0.1) is 0 Å². The molecule has 0 bridgehead atoms. The second-order valence-electron chi connectivity index (χ2n) is 4.61. The summed E-state index contributed by atoms with van der Waals surface area (Å²) in [5, 5.41) is 11.4. The van der Waals surface area contributed by atoms with Crippen molar-refractivity contribution in [2.75, 3.05) is 6.54 Å². The third-order valence-electron chi connectivity index (χ3n) is 2.70. The van der Waals surface area contributed by atoms with E-state index in [0.29, 0.717) is 18.9 Å². The maximum absolute atomic E-state index is 11.4. The number of carbonyl (C=O) groups excluding carboxylic acids is 1. The molecular weight excluding hydrogens is 194 g/mol. The van der Waals surface area contributed by atoms with E-state index in [-0.39, 0.29) is 11.8 Å². The van der Waals surface area contributed by atoms with Gasteiger partial charge in [0.05, 0.1) is 11.8 Å². The van der Waals surface area contributed by atoms with Crippen molar-refractivity contribution in [3.63, 3.8) is 0 Å². The van der Waals surface area contributed by atoms with Gasteiger partial charge in [0.15, 0.2) is 0 Å². The van der Waals surface area contributed by atoms with Crippen LogP contribution in [0.2, 0.25) is 0 Å². The molecule has 2 N–H and O–H groups in total. The Kier molecular flexibility index (Phi) is 4.12. The normalized spacial score (nSPS) is 23.9. The third-order valence-corrected chi connectivity index (χ3v) is 2.70. The van der Waals surface area contributed by atoms with Gasteiger partial charge in [-0.05, 0) is 25.2 Å². The molecule has 0 aromatic carbocycles. The Hall–Kier alpha value is -1.06. The molecule has 0 saturated heterocycles. The second kappa shape index (κ2) is 5.14. The summed E-state index contributed by atoms with van der Waals surface area (Å²) >= 11 is 0. The minimum Gasteiger partial charge on any atom is -0.481 e. The standard InChI is InChI=1S/C11H19NO3/c1-7(2)4-3-5-12-10(13)8-6-9(8)11(14)15/h7-9H,3-6H2,1-2H3,(H,12,13)(H,14,15). The number of carboxylic acids is 1. The molecule has 0 heterocycles. The van der Waals surface area contributed by atoms with Crippen LogP contribution in [-0.2, 0) is 9.59 Å². The minimum atomic E-state index is -0.850. The molecule has 86 valence electrons. The molecule has 0 spiro atoms. The summed E-state index contributed by atoms with van der Waals surface area (Å²) in [6.07, 6.45) is 2.56. The van der Waals surface area contributed by atoms with Crippen molar-refractivity contribution in [1.29, 1.82) is 0 Å². The van der Waals surface area contributed by atoms with E-state index in [0.717, 1.165) is 12.8 Å². The van der Waals surface area contributed by atoms with Crippen molar-refractivity contribution in [3.05, 3.63) is 0 Å². The highest BCUT2D eigenvalue weighted by atomic mass is 16.4. The van der Waals surface area contributed by atoms with Crippen LogP contribution in [0, 0.1) is 17.8 Å². The summed E-state index contributed by atoms with van der Waals surface area (Å²) in [6, 6.07) is 0. The number of rotatable bonds is 6. The van der Waals surface area contributed by atoms with Gasteiger partial charge in [0, 0.05) is 6.54 Å². The van der Waals surface area contributed by atoms with Gasteiger partial charge in [-0.1, -0.05) is 13.8 Å². The zero-order chi connectivity index (χ0) is 11.4. The monoisotopic (exact) mass is 213 g/mol. The van der Waals surface area contributed by atoms with E-state index in [9.17, 15) is 9.59 Å². The van der Waals surface area contributed by atoms with Crippen LogP contribution in [0.1, 0.15) is 33.1 Å². The number of aliphatic carboxylic acids is 1. The molecule has 15 heavy (non-hydrogen) atoms. The average Bonchev–Trinajstić information content (AvgIpc) is 2.90. The van der Waals surface area contributed by atoms with E-state index in [1.165, 1.54) is 0 Å². The first-order valence-corrected chi connectivity index (χ1v) is 5.53. The van der Waals surface area contributed by atoms with E-state index in [2.05, 4.69) is 19.2 Å². The Bertz CT molecular complexity index is 250. The minimum absolute atomic E-state index is 0.0915. The lowest BCUT2D eigenvalue weighted by atomic mass is 10.1. The first kappa shape index (κ1) is 12.0. The largest absolute Gasteiger partial charge is 0.481 e. The molecule has 1 aliphatic rings. The molecule has 0 aliphatic heterocycles. The highest BCUT2D eigenvalue weighted by Crippen LogP contribution is 2.38. The third kappa shape index (κ3) is 3.90. The fourth-order valence-corrected chi connectivity index (χ4v) is 1.61. The second-order valence-corrected chi connectivity index (χ2v) is 4.61. The summed E-state index contributed by atoms with van der Waals surface area (Å²) in [7, 11) is 0. The molecule has 1 saturated carbocycles. The molecule has 1 amide bonds. The molecule has 4 heteroatoms. The molecule has 2 atom stereocenters. The van der Waals surface area contributed by atoms with Crippen LogP contribution in [0.4, 0.5) is 0 Å². The summed E-state index contributed by atoms with van der Waals surface area (Å²) in [5.41, 5.74) is 0. The van der Waals surface area contributed by atoms with E-state index >= 15 is 0 Å². The van der Waals surface area contributed by atoms with E-state index < -0.39 is 11.9 Å². The summed E-state index contributed by atoms with van der Waals surface area (Å²) in [4.78, 5) is 21.9. The van der Waals surface area contributed by atoms with Crippen LogP contribution in [0.5, 0.6) is 0 Å². The summed E-state index contributed by atoms with van der Waals surface area (Å²) < 4.78 is 0. The van der Waals surface area contributed by atoms with Crippen molar-refractivity contribution in [1.82, 2.24) is 5.32 Å². The summed E-state index contributed by atoms with van der Waals surface area (Å²) in [5.74, 6) is -1.00. The molecule has 0 aromatic heterocycles. The highest BCUT2D eigenvalue weighted by molar-refractivity contribution is 5.89. The molecule has 4 nitrogen and oxygen atoms in total.